The lowest BCUT2D eigenvalue weighted by Gasteiger charge is -2.15. The highest BCUT2D eigenvalue weighted by atomic mass is 16.5. The minimum absolute atomic E-state index is 0.487. The van der Waals surface area contributed by atoms with Crippen LogP contribution in [0.5, 0.6) is 5.75 Å². The van der Waals surface area contributed by atoms with Gasteiger partial charge in [-0.2, -0.15) is 0 Å². The van der Waals surface area contributed by atoms with Crippen LogP contribution in [0.2, 0.25) is 0 Å². The third-order valence-corrected chi connectivity index (χ3v) is 4.35. The Morgan fingerprint density at radius 2 is 1.68 bits per heavy atom. The summed E-state index contributed by atoms with van der Waals surface area (Å²) in [7, 11) is 0. The Labute approximate surface area is 146 Å². The molecule has 1 aromatic heterocycles. The maximum Gasteiger partial charge on any atom is 0.247 e. The van der Waals surface area contributed by atoms with Crippen molar-refractivity contribution in [3.05, 3.63) is 48.5 Å². The van der Waals surface area contributed by atoms with E-state index in [1.54, 1.807) is 0 Å². The summed E-state index contributed by atoms with van der Waals surface area (Å²) in [6.07, 6.45) is 2.62. The first-order valence-corrected chi connectivity index (χ1v) is 8.68. The molecule has 3 aromatic rings. The molecule has 6 nitrogen and oxygen atoms in total. The molecule has 0 atom stereocenters. The Kier molecular flexibility index (Phi) is 4.70. The van der Waals surface area contributed by atoms with Crippen LogP contribution in [0, 0.1) is 0 Å². The van der Waals surface area contributed by atoms with Crippen LogP contribution in [0.15, 0.2) is 48.5 Å². The van der Waals surface area contributed by atoms with Crippen LogP contribution in [-0.4, -0.2) is 46.3 Å². The first-order valence-electron chi connectivity index (χ1n) is 8.68. The summed E-state index contributed by atoms with van der Waals surface area (Å²) in [4.78, 5) is 6.91. The second-order valence-corrected chi connectivity index (χ2v) is 6.17. The molecule has 0 saturated carbocycles. The number of para-hydroxylation sites is 1. The zero-order valence-corrected chi connectivity index (χ0v) is 14.1. The highest BCUT2D eigenvalue weighted by Gasteiger charge is 2.10. The van der Waals surface area contributed by atoms with E-state index in [0.29, 0.717) is 5.95 Å². The molecule has 0 spiro atoms. The number of aromatic nitrogens is 3. The summed E-state index contributed by atoms with van der Waals surface area (Å²) in [5.74, 6) is 1.36. The van der Waals surface area contributed by atoms with Gasteiger partial charge in [-0.25, -0.2) is 4.98 Å². The lowest BCUT2D eigenvalue weighted by molar-refractivity contribution is 0.238. The number of benzene rings is 2. The normalized spacial score (nSPS) is 14.7. The molecule has 128 valence electrons. The Balaban J connectivity index is 1.34. The summed E-state index contributed by atoms with van der Waals surface area (Å²) >= 11 is 0. The molecule has 2 heterocycles. The van der Waals surface area contributed by atoms with Gasteiger partial charge in [0.05, 0.1) is 5.52 Å². The van der Waals surface area contributed by atoms with Gasteiger partial charge in [0.25, 0.3) is 0 Å². The number of ether oxygens (including phenoxy) is 1. The van der Waals surface area contributed by atoms with Crippen LogP contribution >= 0.6 is 0 Å². The monoisotopic (exact) mass is 335 g/mol. The fourth-order valence-corrected chi connectivity index (χ4v) is 3.00. The predicted molar refractivity (Wildman–Crippen MR) is 98.2 cm³/mol. The van der Waals surface area contributed by atoms with Crippen LogP contribution in [-0.2, 0) is 0 Å². The summed E-state index contributed by atoms with van der Waals surface area (Å²) < 4.78 is 5.82. The van der Waals surface area contributed by atoms with E-state index in [9.17, 15) is 0 Å². The predicted octanol–water partition coefficient (Wildman–Crippen LogP) is 3.24. The number of nitrogens with zero attached hydrogens (tertiary/aromatic N) is 4. The van der Waals surface area contributed by atoms with E-state index in [1.165, 1.54) is 25.9 Å². The van der Waals surface area contributed by atoms with Crippen molar-refractivity contribution in [2.45, 2.75) is 12.8 Å². The van der Waals surface area contributed by atoms with E-state index in [2.05, 4.69) is 25.4 Å². The molecule has 0 unspecified atom stereocenters. The largest absolute Gasteiger partial charge is 0.492 e. The SMILES string of the molecule is c1ccc2nc(Nc3ccc(OCCN4CCCC4)cc3)nnc2c1. The van der Waals surface area contributed by atoms with Gasteiger partial charge >= 0.3 is 0 Å². The summed E-state index contributed by atoms with van der Waals surface area (Å²) in [6, 6.07) is 15.5. The third-order valence-electron chi connectivity index (χ3n) is 4.35. The molecular weight excluding hydrogens is 314 g/mol. The smallest absolute Gasteiger partial charge is 0.247 e. The molecule has 1 saturated heterocycles. The van der Waals surface area contributed by atoms with Gasteiger partial charge < -0.3 is 10.1 Å². The minimum atomic E-state index is 0.487. The highest BCUT2D eigenvalue weighted by Crippen LogP contribution is 2.19. The van der Waals surface area contributed by atoms with Gasteiger partial charge in [0.15, 0.2) is 0 Å². The van der Waals surface area contributed by atoms with Crippen LogP contribution < -0.4 is 10.1 Å². The quantitative estimate of drug-likeness (QED) is 0.746. The fourth-order valence-electron chi connectivity index (χ4n) is 3.00. The Hall–Kier alpha value is -2.73. The number of fused-ring (bicyclic) bond motifs is 1. The Morgan fingerprint density at radius 1 is 0.920 bits per heavy atom. The van der Waals surface area contributed by atoms with E-state index >= 15 is 0 Å². The van der Waals surface area contributed by atoms with Crippen LogP contribution in [0.1, 0.15) is 12.8 Å². The van der Waals surface area contributed by atoms with E-state index in [1.807, 2.05) is 48.5 Å². The van der Waals surface area contributed by atoms with Crippen LogP contribution in [0.4, 0.5) is 11.6 Å². The molecule has 1 N–H and O–H groups in total. The average molecular weight is 335 g/mol. The molecule has 6 heteroatoms. The van der Waals surface area contributed by atoms with Crippen molar-refractivity contribution in [3.63, 3.8) is 0 Å². The zero-order valence-electron chi connectivity index (χ0n) is 14.1. The van der Waals surface area contributed by atoms with Crippen molar-refractivity contribution in [3.8, 4) is 5.75 Å². The topological polar surface area (TPSA) is 63.2 Å². The number of likely N-dealkylation sites (tertiary alicyclic amines) is 1. The standard InChI is InChI=1S/C19H21N5O/c1-2-6-18-17(5-1)21-19(23-22-18)20-15-7-9-16(10-8-15)25-14-13-24-11-3-4-12-24/h1-2,5-10H,3-4,11-14H2,(H,20,21,23). The Morgan fingerprint density at radius 3 is 2.48 bits per heavy atom. The molecule has 1 aliphatic heterocycles. The molecule has 0 aliphatic carbocycles. The van der Waals surface area contributed by atoms with Gasteiger partial charge in [-0.1, -0.05) is 12.1 Å². The van der Waals surface area contributed by atoms with Crippen molar-refractivity contribution in [2.75, 3.05) is 31.6 Å². The summed E-state index contributed by atoms with van der Waals surface area (Å²) in [5, 5.41) is 11.5. The number of rotatable bonds is 6. The maximum absolute atomic E-state index is 5.82. The van der Waals surface area contributed by atoms with E-state index in [-0.39, 0.29) is 0 Å². The molecule has 0 amide bonds. The maximum atomic E-state index is 5.82. The lowest BCUT2D eigenvalue weighted by Crippen LogP contribution is -2.25. The molecule has 25 heavy (non-hydrogen) atoms. The van der Waals surface area contributed by atoms with E-state index < -0.39 is 0 Å². The van der Waals surface area contributed by atoms with Crippen molar-refractivity contribution < 1.29 is 4.74 Å². The van der Waals surface area contributed by atoms with Gasteiger partial charge in [-0.3, -0.25) is 4.90 Å². The minimum Gasteiger partial charge on any atom is -0.492 e. The number of hydrogen-bond donors (Lipinski definition) is 1. The summed E-state index contributed by atoms with van der Waals surface area (Å²) in [5.41, 5.74) is 2.51. The van der Waals surface area contributed by atoms with E-state index in [0.717, 1.165) is 35.6 Å². The first-order chi connectivity index (χ1) is 12.4. The second-order valence-electron chi connectivity index (χ2n) is 6.17. The molecular formula is C19H21N5O. The summed E-state index contributed by atoms with van der Waals surface area (Å²) in [6.45, 7) is 4.12. The van der Waals surface area contributed by atoms with Crippen molar-refractivity contribution in [1.82, 2.24) is 20.1 Å². The van der Waals surface area contributed by atoms with E-state index in [4.69, 9.17) is 4.74 Å². The third kappa shape index (κ3) is 4.03. The van der Waals surface area contributed by atoms with Crippen molar-refractivity contribution in [1.29, 1.82) is 0 Å². The second kappa shape index (κ2) is 7.44. The lowest BCUT2D eigenvalue weighted by atomic mass is 10.3. The van der Waals surface area contributed by atoms with Crippen molar-refractivity contribution >= 4 is 22.7 Å². The first kappa shape index (κ1) is 15.8. The average Bonchev–Trinajstić information content (AvgIpc) is 3.17. The number of hydrogen-bond acceptors (Lipinski definition) is 6. The molecule has 1 aliphatic rings. The number of anilines is 2. The molecule has 0 radical (unpaired) electrons. The molecule has 2 aromatic carbocycles. The van der Waals surface area contributed by atoms with Gasteiger partial charge in [-0.05, 0) is 62.3 Å². The van der Waals surface area contributed by atoms with Crippen LogP contribution in [0.25, 0.3) is 11.0 Å². The van der Waals surface area contributed by atoms with Gasteiger partial charge in [0.1, 0.15) is 17.9 Å². The Bertz CT molecular complexity index is 831. The highest BCUT2D eigenvalue weighted by molar-refractivity contribution is 5.74. The zero-order chi connectivity index (χ0) is 16.9. The van der Waals surface area contributed by atoms with Crippen LogP contribution in [0.3, 0.4) is 0 Å². The molecule has 0 bridgehead atoms. The van der Waals surface area contributed by atoms with Gasteiger partial charge in [-0.15, -0.1) is 10.2 Å². The molecule has 1 fully saturated rings. The number of nitrogens with one attached hydrogen (secondary N) is 1. The fraction of sp³-hybridized carbons (Fsp3) is 0.316. The van der Waals surface area contributed by atoms with Gasteiger partial charge in [0, 0.05) is 12.2 Å². The van der Waals surface area contributed by atoms with Crippen molar-refractivity contribution in [2.24, 2.45) is 0 Å². The molecule has 4 rings (SSSR count). The van der Waals surface area contributed by atoms with Gasteiger partial charge in [0.2, 0.25) is 5.95 Å².